The van der Waals surface area contributed by atoms with Crippen molar-refractivity contribution >= 4 is 17.0 Å². The average Bonchev–Trinajstić information content (AvgIpc) is 2.67. The van der Waals surface area contributed by atoms with Crippen LogP contribution in [0, 0.1) is 0 Å². The van der Waals surface area contributed by atoms with Crippen LogP contribution in [0.3, 0.4) is 0 Å². The molecule has 1 atom stereocenters. The number of carboxylic acid groups (broad SMARTS) is 1. The minimum atomic E-state index is -0.832. The van der Waals surface area contributed by atoms with Crippen molar-refractivity contribution in [2.24, 2.45) is 12.8 Å². The molecule has 1 aromatic heterocycles. The summed E-state index contributed by atoms with van der Waals surface area (Å²) in [6.45, 7) is 0.324. The van der Waals surface area contributed by atoms with Gasteiger partial charge in [0, 0.05) is 13.0 Å². The topological polar surface area (TPSA) is 81.1 Å². The lowest BCUT2D eigenvalue weighted by molar-refractivity contribution is -0.137. The van der Waals surface area contributed by atoms with E-state index < -0.39 is 5.97 Å². The highest BCUT2D eigenvalue weighted by Gasteiger charge is 2.14. The van der Waals surface area contributed by atoms with E-state index in [4.69, 9.17) is 10.8 Å². The Kier molecular flexibility index (Phi) is 3.10. The van der Waals surface area contributed by atoms with Crippen molar-refractivity contribution in [3.8, 4) is 0 Å². The number of benzene rings is 1. The normalized spacial score (nSPS) is 12.8. The van der Waals surface area contributed by atoms with Crippen LogP contribution in [-0.2, 0) is 11.8 Å². The van der Waals surface area contributed by atoms with Gasteiger partial charge in [0.05, 0.1) is 23.8 Å². The Bertz CT molecular complexity index is 548. The van der Waals surface area contributed by atoms with Gasteiger partial charge in [0.2, 0.25) is 0 Å². The molecule has 1 aromatic carbocycles. The minimum absolute atomic E-state index is 0.0504. The first-order valence-corrected chi connectivity index (χ1v) is 5.44. The highest BCUT2D eigenvalue weighted by Crippen LogP contribution is 2.22. The highest BCUT2D eigenvalue weighted by atomic mass is 16.4. The van der Waals surface area contributed by atoms with Crippen molar-refractivity contribution in [2.45, 2.75) is 12.3 Å². The molecule has 1 heterocycles. The van der Waals surface area contributed by atoms with Crippen LogP contribution in [0.5, 0.6) is 0 Å². The summed E-state index contributed by atoms with van der Waals surface area (Å²) in [5.41, 5.74) is 8.44. The zero-order valence-corrected chi connectivity index (χ0v) is 9.63. The molecule has 0 spiro atoms. The van der Waals surface area contributed by atoms with Crippen molar-refractivity contribution < 1.29 is 9.90 Å². The van der Waals surface area contributed by atoms with Crippen LogP contribution in [-0.4, -0.2) is 27.2 Å². The number of carbonyl (C=O) groups is 1. The lowest BCUT2D eigenvalue weighted by Crippen LogP contribution is -2.16. The van der Waals surface area contributed by atoms with Gasteiger partial charge in [-0.05, 0) is 24.2 Å². The smallest absolute Gasteiger partial charge is 0.304 e. The third-order valence-electron chi connectivity index (χ3n) is 2.93. The molecule has 0 fully saturated rings. The molecule has 1 unspecified atom stereocenters. The number of carboxylic acids is 1. The predicted octanol–water partition coefficient (Wildman–Crippen LogP) is 1.09. The highest BCUT2D eigenvalue weighted by molar-refractivity contribution is 5.76. The molecule has 90 valence electrons. The largest absolute Gasteiger partial charge is 0.481 e. The van der Waals surface area contributed by atoms with Crippen LogP contribution in [0.2, 0.25) is 0 Å². The van der Waals surface area contributed by atoms with Crippen molar-refractivity contribution in [3.63, 3.8) is 0 Å². The molecule has 0 saturated carbocycles. The number of aliphatic carboxylic acids is 1. The summed E-state index contributed by atoms with van der Waals surface area (Å²) in [5.74, 6) is -0.986. The fourth-order valence-electron chi connectivity index (χ4n) is 1.96. The molecule has 0 saturated heterocycles. The molecule has 0 bridgehead atoms. The molecule has 0 amide bonds. The molecular weight excluding hydrogens is 218 g/mol. The first kappa shape index (κ1) is 11.6. The standard InChI is InChI=1S/C12H15N3O2/c1-15-7-14-10-4-8(2-3-11(10)15)9(6-13)5-12(16)17/h2-4,7,9H,5-6,13H2,1H3,(H,16,17). The van der Waals surface area contributed by atoms with E-state index in [9.17, 15) is 4.79 Å². The lowest BCUT2D eigenvalue weighted by atomic mass is 9.95. The molecule has 3 N–H and O–H groups in total. The summed E-state index contributed by atoms with van der Waals surface area (Å²) >= 11 is 0. The van der Waals surface area contributed by atoms with E-state index in [1.54, 1.807) is 6.33 Å². The third-order valence-corrected chi connectivity index (χ3v) is 2.93. The monoisotopic (exact) mass is 233 g/mol. The van der Waals surface area contributed by atoms with Crippen molar-refractivity contribution in [1.82, 2.24) is 9.55 Å². The molecule has 5 nitrogen and oxygen atoms in total. The number of hydrogen-bond acceptors (Lipinski definition) is 3. The second kappa shape index (κ2) is 4.55. The molecule has 5 heteroatoms. The van der Waals surface area contributed by atoms with Gasteiger partial charge in [-0.3, -0.25) is 4.79 Å². The quantitative estimate of drug-likeness (QED) is 0.828. The Morgan fingerprint density at radius 1 is 1.59 bits per heavy atom. The summed E-state index contributed by atoms with van der Waals surface area (Å²) < 4.78 is 1.92. The molecule has 0 radical (unpaired) electrons. The van der Waals surface area contributed by atoms with E-state index in [1.165, 1.54) is 0 Å². The molecular formula is C12H15N3O2. The van der Waals surface area contributed by atoms with Gasteiger partial charge in [-0.1, -0.05) is 6.07 Å². The molecule has 0 aliphatic rings. The Morgan fingerprint density at radius 3 is 3.00 bits per heavy atom. The van der Waals surface area contributed by atoms with Gasteiger partial charge in [0.25, 0.3) is 0 Å². The number of imidazole rings is 1. The summed E-state index contributed by atoms with van der Waals surface area (Å²) in [5, 5.41) is 8.82. The second-order valence-corrected chi connectivity index (χ2v) is 4.13. The van der Waals surface area contributed by atoms with Gasteiger partial charge in [0.1, 0.15) is 0 Å². The maximum atomic E-state index is 10.7. The van der Waals surface area contributed by atoms with E-state index in [0.717, 1.165) is 16.6 Å². The fourth-order valence-corrected chi connectivity index (χ4v) is 1.96. The Balaban J connectivity index is 2.37. The number of fused-ring (bicyclic) bond motifs is 1. The van der Waals surface area contributed by atoms with E-state index in [-0.39, 0.29) is 12.3 Å². The lowest BCUT2D eigenvalue weighted by Gasteiger charge is -2.12. The van der Waals surface area contributed by atoms with Gasteiger partial charge >= 0.3 is 5.97 Å². The number of aryl methyl sites for hydroxylation is 1. The molecule has 17 heavy (non-hydrogen) atoms. The Labute approximate surface area is 98.9 Å². The van der Waals surface area contributed by atoms with Gasteiger partial charge < -0.3 is 15.4 Å². The van der Waals surface area contributed by atoms with Crippen LogP contribution in [0.4, 0.5) is 0 Å². The molecule has 2 aromatic rings. The fraction of sp³-hybridized carbons (Fsp3) is 0.333. The van der Waals surface area contributed by atoms with Crippen LogP contribution in [0.15, 0.2) is 24.5 Å². The van der Waals surface area contributed by atoms with Gasteiger partial charge in [0.15, 0.2) is 0 Å². The maximum absolute atomic E-state index is 10.7. The number of nitrogens with two attached hydrogens (primary N) is 1. The van der Waals surface area contributed by atoms with Crippen molar-refractivity contribution in [3.05, 3.63) is 30.1 Å². The zero-order valence-electron chi connectivity index (χ0n) is 9.63. The minimum Gasteiger partial charge on any atom is -0.481 e. The van der Waals surface area contributed by atoms with Crippen molar-refractivity contribution in [2.75, 3.05) is 6.54 Å². The number of aromatic nitrogens is 2. The third kappa shape index (κ3) is 2.29. The number of nitrogens with zero attached hydrogens (tertiary/aromatic N) is 2. The van der Waals surface area contributed by atoms with E-state index >= 15 is 0 Å². The van der Waals surface area contributed by atoms with E-state index in [0.29, 0.717) is 6.54 Å². The van der Waals surface area contributed by atoms with Crippen LogP contribution >= 0.6 is 0 Å². The van der Waals surface area contributed by atoms with E-state index in [1.807, 2.05) is 29.8 Å². The maximum Gasteiger partial charge on any atom is 0.304 e. The summed E-state index contributed by atoms with van der Waals surface area (Å²) in [7, 11) is 1.92. The predicted molar refractivity (Wildman–Crippen MR) is 64.8 cm³/mol. The first-order valence-electron chi connectivity index (χ1n) is 5.44. The summed E-state index contributed by atoms with van der Waals surface area (Å²) in [6.07, 6.45) is 1.79. The van der Waals surface area contributed by atoms with Gasteiger partial charge in [-0.2, -0.15) is 0 Å². The van der Waals surface area contributed by atoms with Gasteiger partial charge in [-0.25, -0.2) is 4.98 Å². The Hall–Kier alpha value is -1.88. The number of rotatable bonds is 4. The van der Waals surface area contributed by atoms with Crippen molar-refractivity contribution in [1.29, 1.82) is 0 Å². The molecule has 0 aliphatic carbocycles. The summed E-state index contributed by atoms with van der Waals surface area (Å²) in [4.78, 5) is 15.0. The Morgan fingerprint density at radius 2 is 2.35 bits per heavy atom. The van der Waals surface area contributed by atoms with Crippen LogP contribution in [0.1, 0.15) is 17.9 Å². The van der Waals surface area contributed by atoms with Crippen LogP contribution in [0.25, 0.3) is 11.0 Å². The first-order chi connectivity index (χ1) is 8.11. The van der Waals surface area contributed by atoms with Gasteiger partial charge in [-0.15, -0.1) is 0 Å². The molecule has 0 aliphatic heterocycles. The summed E-state index contributed by atoms with van der Waals surface area (Å²) in [6, 6.07) is 5.78. The van der Waals surface area contributed by atoms with E-state index in [2.05, 4.69) is 4.98 Å². The second-order valence-electron chi connectivity index (χ2n) is 4.13. The van der Waals surface area contributed by atoms with Crippen LogP contribution < -0.4 is 5.73 Å². The number of hydrogen-bond donors (Lipinski definition) is 2. The molecule has 2 rings (SSSR count). The SMILES string of the molecule is Cn1cnc2cc(C(CN)CC(=O)O)ccc21. The average molecular weight is 233 g/mol. The zero-order chi connectivity index (χ0) is 12.4.